The van der Waals surface area contributed by atoms with Crippen molar-refractivity contribution < 1.29 is 18.7 Å². The predicted molar refractivity (Wildman–Crippen MR) is 99.6 cm³/mol. The van der Waals surface area contributed by atoms with E-state index < -0.39 is 5.97 Å². The summed E-state index contributed by atoms with van der Waals surface area (Å²) in [7, 11) is 1.58. The number of fused-ring (bicyclic) bond motifs is 1. The molecule has 2 heterocycles. The molecular weight excluding hydrogens is 344 g/mol. The van der Waals surface area contributed by atoms with E-state index in [4.69, 9.17) is 13.9 Å². The van der Waals surface area contributed by atoms with Crippen LogP contribution in [-0.2, 0) is 22.7 Å². The third-order valence-electron chi connectivity index (χ3n) is 4.25. The zero-order valence-corrected chi connectivity index (χ0v) is 14.8. The van der Waals surface area contributed by atoms with Crippen LogP contribution in [0.3, 0.4) is 0 Å². The fraction of sp³-hybridized carbons (Fsp3) is 0.143. The summed E-state index contributed by atoms with van der Waals surface area (Å²) in [6.07, 6.45) is 3.59. The molecule has 0 saturated heterocycles. The lowest BCUT2D eigenvalue weighted by Crippen LogP contribution is -2.07. The summed E-state index contributed by atoms with van der Waals surface area (Å²) >= 11 is 0. The molecule has 0 aliphatic carbocycles. The summed E-state index contributed by atoms with van der Waals surface area (Å²) in [4.78, 5) is 12.6. The number of ether oxygens (including phenoxy) is 2. The van der Waals surface area contributed by atoms with E-state index in [1.165, 1.54) is 0 Å². The van der Waals surface area contributed by atoms with Crippen molar-refractivity contribution in [2.75, 3.05) is 7.11 Å². The number of furan rings is 1. The molecule has 0 aliphatic heterocycles. The Bertz CT molecular complexity index is 1050. The Morgan fingerprint density at radius 1 is 1.07 bits per heavy atom. The largest absolute Gasteiger partial charge is 0.455 e. The van der Waals surface area contributed by atoms with Crippen molar-refractivity contribution >= 4 is 16.9 Å². The molecule has 27 heavy (non-hydrogen) atoms. The van der Waals surface area contributed by atoms with Gasteiger partial charge in [0.25, 0.3) is 0 Å². The highest BCUT2D eigenvalue weighted by atomic mass is 16.5. The monoisotopic (exact) mass is 362 g/mol. The van der Waals surface area contributed by atoms with Crippen LogP contribution < -0.4 is 0 Å². The third kappa shape index (κ3) is 3.47. The first-order valence-corrected chi connectivity index (χ1v) is 8.51. The van der Waals surface area contributed by atoms with E-state index in [1.807, 2.05) is 60.8 Å². The van der Waals surface area contributed by atoms with Crippen molar-refractivity contribution in [1.29, 1.82) is 0 Å². The van der Waals surface area contributed by atoms with Gasteiger partial charge in [0.1, 0.15) is 12.2 Å². The minimum absolute atomic E-state index is 0.154. The molecule has 2 aromatic heterocycles. The minimum Gasteiger partial charge on any atom is -0.455 e. The first kappa shape index (κ1) is 17.1. The molecule has 136 valence electrons. The van der Waals surface area contributed by atoms with Crippen molar-refractivity contribution in [3.8, 4) is 5.69 Å². The van der Waals surface area contributed by atoms with Crippen molar-refractivity contribution in [1.82, 2.24) is 9.78 Å². The summed E-state index contributed by atoms with van der Waals surface area (Å²) < 4.78 is 18.1. The number of rotatable bonds is 6. The van der Waals surface area contributed by atoms with Crippen LogP contribution in [0.5, 0.6) is 0 Å². The maximum absolute atomic E-state index is 12.6. The maximum atomic E-state index is 12.6. The lowest BCUT2D eigenvalue weighted by molar-refractivity contribution is 0.0432. The normalized spacial score (nSPS) is 11.0. The van der Waals surface area contributed by atoms with E-state index in [1.54, 1.807) is 18.0 Å². The molecule has 0 spiro atoms. The molecule has 0 atom stereocenters. The number of carbonyl (C=O) groups excluding carboxylic acids is 1. The van der Waals surface area contributed by atoms with E-state index in [0.29, 0.717) is 11.1 Å². The van der Waals surface area contributed by atoms with E-state index in [-0.39, 0.29) is 19.0 Å². The fourth-order valence-electron chi connectivity index (χ4n) is 2.93. The van der Waals surface area contributed by atoms with Gasteiger partial charge in [0.05, 0.1) is 12.3 Å². The molecule has 0 unspecified atom stereocenters. The Labute approximate surface area is 155 Å². The van der Waals surface area contributed by atoms with Gasteiger partial charge in [-0.25, -0.2) is 9.48 Å². The van der Waals surface area contributed by atoms with Gasteiger partial charge >= 0.3 is 5.97 Å². The van der Waals surface area contributed by atoms with Crippen molar-refractivity contribution in [3.63, 3.8) is 0 Å². The summed E-state index contributed by atoms with van der Waals surface area (Å²) in [5.74, 6) is -0.319. The zero-order chi connectivity index (χ0) is 18.6. The number of nitrogens with zero attached hydrogens (tertiary/aromatic N) is 2. The molecule has 4 aromatic rings. The highest BCUT2D eigenvalue weighted by molar-refractivity contribution is 5.96. The topological polar surface area (TPSA) is 66.5 Å². The summed E-state index contributed by atoms with van der Waals surface area (Å²) in [6, 6.07) is 17.0. The molecule has 0 radical (unpaired) electrons. The molecule has 2 aromatic carbocycles. The quantitative estimate of drug-likeness (QED) is 0.483. The molecule has 4 rings (SSSR count). The number of carbonyl (C=O) groups is 1. The molecule has 6 heteroatoms. The highest BCUT2D eigenvalue weighted by Crippen LogP contribution is 2.27. The molecule has 0 N–H and O–H groups in total. The van der Waals surface area contributed by atoms with E-state index in [9.17, 15) is 4.79 Å². The van der Waals surface area contributed by atoms with Crippen molar-refractivity contribution in [3.05, 3.63) is 83.9 Å². The Morgan fingerprint density at radius 3 is 2.63 bits per heavy atom. The van der Waals surface area contributed by atoms with Gasteiger partial charge in [0, 0.05) is 30.5 Å². The third-order valence-corrected chi connectivity index (χ3v) is 4.25. The van der Waals surface area contributed by atoms with Gasteiger partial charge in [-0.3, -0.25) is 0 Å². The lowest BCUT2D eigenvalue weighted by atomic mass is 10.1. The first-order chi connectivity index (χ1) is 13.3. The number of methoxy groups -OCH3 is 1. The SMILES string of the molecule is COCc1c(C(=O)OCc2ccc(-n3cccn3)cc2)oc2ccccc12. The Morgan fingerprint density at radius 2 is 1.89 bits per heavy atom. The predicted octanol–water partition coefficient (Wildman–Crippen LogP) is 4.12. The number of hydrogen-bond donors (Lipinski definition) is 0. The molecule has 0 fully saturated rings. The van der Waals surface area contributed by atoms with E-state index in [2.05, 4.69) is 5.10 Å². The number of hydrogen-bond acceptors (Lipinski definition) is 5. The van der Waals surface area contributed by atoms with Gasteiger partial charge < -0.3 is 13.9 Å². The average molecular weight is 362 g/mol. The van der Waals surface area contributed by atoms with Crippen molar-refractivity contribution in [2.45, 2.75) is 13.2 Å². The minimum atomic E-state index is -0.505. The maximum Gasteiger partial charge on any atom is 0.374 e. The smallest absolute Gasteiger partial charge is 0.374 e. The fourth-order valence-corrected chi connectivity index (χ4v) is 2.93. The second kappa shape index (κ2) is 7.47. The Balaban J connectivity index is 1.49. The first-order valence-electron chi connectivity index (χ1n) is 8.51. The number of aromatic nitrogens is 2. The molecule has 0 saturated carbocycles. The van der Waals surface area contributed by atoms with Crippen LogP contribution in [0.15, 0.2) is 71.4 Å². The van der Waals surface area contributed by atoms with Gasteiger partial charge in [-0.05, 0) is 29.8 Å². The van der Waals surface area contributed by atoms with Crippen LogP contribution in [0.4, 0.5) is 0 Å². The molecule has 0 aliphatic rings. The number of para-hydroxylation sites is 1. The van der Waals surface area contributed by atoms with Gasteiger partial charge in [0.15, 0.2) is 0 Å². The lowest BCUT2D eigenvalue weighted by Gasteiger charge is -2.06. The van der Waals surface area contributed by atoms with Crippen LogP contribution in [0.1, 0.15) is 21.7 Å². The summed E-state index contributed by atoms with van der Waals surface area (Å²) in [5, 5.41) is 5.04. The Kier molecular flexibility index (Phi) is 4.72. The second-order valence-electron chi connectivity index (χ2n) is 6.03. The van der Waals surface area contributed by atoms with Crippen LogP contribution in [0.2, 0.25) is 0 Å². The van der Waals surface area contributed by atoms with Gasteiger partial charge in [-0.15, -0.1) is 0 Å². The molecule has 0 amide bonds. The van der Waals surface area contributed by atoms with Crippen LogP contribution >= 0.6 is 0 Å². The molecule has 0 bridgehead atoms. The zero-order valence-electron chi connectivity index (χ0n) is 14.8. The number of benzene rings is 2. The molecular formula is C21H18N2O4. The Hall–Kier alpha value is -3.38. The van der Waals surface area contributed by atoms with Crippen LogP contribution in [-0.4, -0.2) is 22.9 Å². The summed E-state index contributed by atoms with van der Waals surface area (Å²) in [6.45, 7) is 0.432. The average Bonchev–Trinajstić information content (AvgIpc) is 3.36. The van der Waals surface area contributed by atoms with Gasteiger partial charge in [-0.2, -0.15) is 5.10 Å². The highest BCUT2D eigenvalue weighted by Gasteiger charge is 2.21. The second-order valence-corrected chi connectivity index (χ2v) is 6.03. The van der Waals surface area contributed by atoms with E-state index >= 15 is 0 Å². The van der Waals surface area contributed by atoms with Gasteiger partial charge in [-0.1, -0.05) is 30.3 Å². The van der Waals surface area contributed by atoms with Crippen LogP contribution in [0, 0.1) is 0 Å². The number of esters is 1. The standard InChI is InChI=1S/C21H18N2O4/c1-25-14-18-17-5-2-3-6-19(17)27-20(18)21(24)26-13-15-7-9-16(10-8-15)23-12-4-11-22-23/h2-12H,13-14H2,1H3. The van der Waals surface area contributed by atoms with E-state index in [0.717, 1.165) is 16.6 Å². The van der Waals surface area contributed by atoms with Gasteiger partial charge in [0.2, 0.25) is 5.76 Å². The summed E-state index contributed by atoms with van der Waals surface area (Å²) in [5.41, 5.74) is 3.16. The van der Waals surface area contributed by atoms with Crippen LogP contribution in [0.25, 0.3) is 16.7 Å². The molecule has 6 nitrogen and oxygen atoms in total. The van der Waals surface area contributed by atoms with Crippen molar-refractivity contribution in [2.24, 2.45) is 0 Å².